The Labute approximate surface area is 67.8 Å². The van der Waals surface area contributed by atoms with E-state index in [9.17, 15) is 4.79 Å². The lowest BCUT2D eigenvalue weighted by Crippen LogP contribution is -2.09. The van der Waals surface area contributed by atoms with Crippen molar-refractivity contribution in [1.29, 1.82) is 0 Å². The number of carbonyl (C=O) groups is 1. The van der Waals surface area contributed by atoms with Crippen molar-refractivity contribution in [3.05, 3.63) is 11.6 Å². The lowest BCUT2D eigenvalue weighted by Gasteiger charge is -1.98. The third-order valence-electron chi connectivity index (χ3n) is 0.842. The van der Waals surface area contributed by atoms with Crippen LogP contribution in [0.25, 0.3) is 0 Å². The normalized spacial score (nSPS) is 9.18. The zero-order chi connectivity index (χ0) is 8.10. The molecule has 0 spiro atoms. The van der Waals surface area contributed by atoms with E-state index in [1.165, 1.54) is 11.3 Å². The first kappa shape index (κ1) is 8.00. The smallest absolute Gasteiger partial charge is 0.434 e. The number of nitrogens with zero attached hydrogens (tertiary/aromatic N) is 1. The van der Waals surface area contributed by atoms with Crippen LogP contribution in [0.3, 0.4) is 0 Å². The molecule has 1 aromatic rings. The van der Waals surface area contributed by atoms with E-state index in [4.69, 9.17) is 0 Å². The van der Waals surface area contributed by atoms with Crippen LogP contribution in [0.4, 0.5) is 4.79 Å². The second kappa shape index (κ2) is 3.92. The Morgan fingerprint density at radius 2 is 2.64 bits per heavy atom. The van der Waals surface area contributed by atoms with Gasteiger partial charge in [0.1, 0.15) is 0 Å². The summed E-state index contributed by atoms with van der Waals surface area (Å²) in [5, 5.41) is 2.03. The van der Waals surface area contributed by atoms with Gasteiger partial charge in [0.05, 0.1) is 6.61 Å². The lowest BCUT2D eigenvalue weighted by molar-refractivity contribution is 0.104. The molecule has 1 aromatic heterocycles. The predicted molar refractivity (Wildman–Crippen MR) is 39.8 cm³/mol. The second-order valence-electron chi connectivity index (χ2n) is 1.58. The van der Waals surface area contributed by atoms with Crippen LogP contribution in [0, 0.1) is 0 Å². The molecule has 60 valence electrons. The maximum absolute atomic E-state index is 10.6. The van der Waals surface area contributed by atoms with E-state index in [0.717, 1.165) is 0 Å². The summed E-state index contributed by atoms with van der Waals surface area (Å²) >= 11 is 1.24. The van der Waals surface area contributed by atoms with Gasteiger partial charge in [0.2, 0.25) is 0 Å². The SMILES string of the molecule is CCOC(=O)Oc1nccs1. The first-order chi connectivity index (χ1) is 5.33. The molecule has 0 aliphatic heterocycles. The number of hydrogen-bond acceptors (Lipinski definition) is 5. The molecule has 0 fully saturated rings. The van der Waals surface area contributed by atoms with Gasteiger partial charge in [0, 0.05) is 11.6 Å². The molecule has 0 aliphatic carbocycles. The molecule has 0 unspecified atom stereocenters. The van der Waals surface area contributed by atoms with Crippen molar-refractivity contribution in [3.8, 4) is 5.19 Å². The van der Waals surface area contributed by atoms with E-state index in [1.807, 2.05) is 0 Å². The van der Waals surface area contributed by atoms with Crippen molar-refractivity contribution >= 4 is 17.5 Å². The van der Waals surface area contributed by atoms with Crippen molar-refractivity contribution in [1.82, 2.24) is 4.98 Å². The summed E-state index contributed by atoms with van der Waals surface area (Å²) < 4.78 is 9.16. The number of hydrogen-bond donors (Lipinski definition) is 0. The number of thiazole rings is 1. The molecule has 0 saturated carbocycles. The van der Waals surface area contributed by atoms with Gasteiger partial charge in [-0.05, 0) is 6.92 Å². The fourth-order valence-corrected chi connectivity index (χ4v) is 0.955. The van der Waals surface area contributed by atoms with Crippen LogP contribution in [0.1, 0.15) is 6.92 Å². The highest BCUT2D eigenvalue weighted by Crippen LogP contribution is 2.13. The number of carbonyl (C=O) groups excluding carboxylic acids is 1. The van der Waals surface area contributed by atoms with Gasteiger partial charge in [0.15, 0.2) is 0 Å². The third-order valence-corrected chi connectivity index (χ3v) is 1.49. The Bertz CT molecular complexity index is 222. The van der Waals surface area contributed by atoms with Crippen LogP contribution in [0.2, 0.25) is 0 Å². The molecule has 0 radical (unpaired) electrons. The van der Waals surface area contributed by atoms with Crippen molar-refractivity contribution in [2.45, 2.75) is 6.92 Å². The molecule has 0 aliphatic rings. The molecule has 0 saturated heterocycles. The topological polar surface area (TPSA) is 48.4 Å². The van der Waals surface area contributed by atoms with Crippen LogP contribution in [0.5, 0.6) is 5.19 Å². The second-order valence-corrected chi connectivity index (χ2v) is 2.44. The van der Waals surface area contributed by atoms with E-state index < -0.39 is 6.16 Å². The van der Waals surface area contributed by atoms with Crippen LogP contribution in [-0.2, 0) is 4.74 Å². The minimum absolute atomic E-state index is 0.309. The monoisotopic (exact) mass is 173 g/mol. The molecule has 1 heterocycles. The Morgan fingerprint density at radius 1 is 1.82 bits per heavy atom. The van der Waals surface area contributed by atoms with Crippen LogP contribution in [0.15, 0.2) is 11.6 Å². The molecule has 4 nitrogen and oxygen atoms in total. The Hall–Kier alpha value is -1.10. The fraction of sp³-hybridized carbons (Fsp3) is 0.333. The molecule has 11 heavy (non-hydrogen) atoms. The van der Waals surface area contributed by atoms with Gasteiger partial charge < -0.3 is 9.47 Å². The van der Waals surface area contributed by atoms with E-state index in [2.05, 4.69) is 14.5 Å². The largest absolute Gasteiger partial charge is 0.515 e. The Kier molecular flexibility index (Phi) is 2.85. The predicted octanol–water partition coefficient (Wildman–Crippen LogP) is 1.68. The maximum atomic E-state index is 10.6. The zero-order valence-corrected chi connectivity index (χ0v) is 6.76. The molecule has 1 rings (SSSR count). The summed E-state index contributed by atoms with van der Waals surface area (Å²) in [7, 11) is 0. The number of rotatable bonds is 2. The van der Waals surface area contributed by atoms with Crippen molar-refractivity contribution in [2.24, 2.45) is 0 Å². The van der Waals surface area contributed by atoms with E-state index in [0.29, 0.717) is 11.8 Å². The summed E-state index contributed by atoms with van der Waals surface area (Å²) in [6, 6.07) is 0. The third kappa shape index (κ3) is 2.55. The number of ether oxygens (including phenoxy) is 2. The van der Waals surface area contributed by atoms with Crippen molar-refractivity contribution in [3.63, 3.8) is 0 Å². The summed E-state index contributed by atoms with van der Waals surface area (Å²) in [5.41, 5.74) is 0. The number of aromatic nitrogens is 1. The van der Waals surface area contributed by atoms with Crippen LogP contribution < -0.4 is 4.74 Å². The fourth-order valence-electron chi connectivity index (χ4n) is 0.479. The van der Waals surface area contributed by atoms with Gasteiger partial charge in [0.25, 0.3) is 5.19 Å². The van der Waals surface area contributed by atoms with Gasteiger partial charge in [-0.15, -0.1) is 0 Å². The summed E-state index contributed by atoms with van der Waals surface area (Å²) in [6.07, 6.45) is 0.849. The van der Waals surface area contributed by atoms with E-state index in [-0.39, 0.29) is 0 Å². The van der Waals surface area contributed by atoms with E-state index >= 15 is 0 Å². The molecule has 0 atom stereocenters. The minimum Gasteiger partial charge on any atom is -0.434 e. The molecular formula is C6H7NO3S. The lowest BCUT2D eigenvalue weighted by atomic mass is 10.9. The highest BCUT2D eigenvalue weighted by Gasteiger charge is 2.05. The average molecular weight is 173 g/mol. The first-order valence-corrected chi connectivity index (χ1v) is 3.95. The van der Waals surface area contributed by atoms with Gasteiger partial charge in [-0.2, -0.15) is 0 Å². The molecule has 0 bridgehead atoms. The van der Waals surface area contributed by atoms with Gasteiger partial charge in [-0.3, -0.25) is 0 Å². The van der Waals surface area contributed by atoms with Crippen LogP contribution >= 0.6 is 11.3 Å². The Morgan fingerprint density at radius 3 is 3.18 bits per heavy atom. The Balaban J connectivity index is 2.37. The highest BCUT2D eigenvalue weighted by atomic mass is 32.1. The van der Waals surface area contributed by atoms with Gasteiger partial charge in [-0.25, -0.2) is 9.78 Å². The molecule has 0 N–H and O–H groups in total. The summed E-state index contributed by atoms with van der Waals surface area (Å²) in [6.45, 7) is 2.02. The molecule has 5 heteroatoms. The van der Waals surface area contributed by atoms with Gasteiger partial charge >= 0.3 is 6.16 Å². The zero-order valence-electron chi connectivity index (χ0n) is 5.94. The summed E-state index contributed by atoms with van der Waals surface area (Å²) in [5.74, 6) is 0. The standard InChI is InChI=1S/C6H7NO3S/c1-2-9-6(8)10-5-7-3-4-11-5/h3-4H,2H2,1H3. The maximum Gasteiger partial charge on any atom is 0.515 e. The quantitative estimate of drug-likeness (QED) is 0.638. The average Bonchev–Trinajstić information content (AvgIpc) is 2.40. The van der Waals surface area contributed by atoms with Crippen LogP contribution in [-0.4, -0.2) is 17.7 Å². The molecular weight excluding hydrogens is 166 g/mol. The minimum atomic E-state index is -0.706. The van der Waals surface area contributed by atoms with E-state index in [1.54, 1.807) is 18.5 Å². The van der Waals surface area contributed by atoms with Gasteiger partial charge in [-0.1, -0.05) is 11.3 Å². The molecule has 0 amide bonds. The molecule has 0 aromatic carbocycles. The van der Waals surface area contributed by atoms with Crippen molar-refractivity contribution < 1.29 is 14.3 Å². The summed E-state index contributed by atoms with van der Waals surface area (Å²) in [4.78, 5) is 14.4. The first-order valence-electron chi connectivity index (χ1n) is 3.07. The highest BCUT2D eigenvalue weighted by molar-refractivity contribution is 7.11. The van der Waals surface area contributed by atoms with Crippen molar-refractivity contribution in [2.75, 3.05) is 6.61 Å².